The van der Waals surface area contributed by atoms with Crippen LogP contribution in [0.15, 0.2) is 18.2 Å². The average Bonchev–Trinajstić information content (AvgIpc) is 2.36. The number of hydrogen-bond acceptors (Lipinski definition) is 3. The van der Waals surface area contributed by atoms with Crippen LogP contribution in [0.5, 0.6) is 0 Å². The van der Waals surface area contributed by atoms with E-state index in [1.54, 1.807) is 32.2 Å². The summed E-state index contributed by atoms with van der Waals surface area (Å²) in [7, 11) is 1.60. The van der Waals surface area contributed by atoms with Crippen LogP contribution in [0.3, 0.4) is 0 Å². The van der Waals surface area contributed by atoms with E-state index in [2.05, 4.69) is 15.3 Å². The highest BCUT2D eigenvalue weighted by molar-refractivity contribution is 6.42. The van der Waals surface area contributed by atoms with Gasteiger partial charge < -0.3 is 5.32 Å². The first kappa shape index (κ1) is 13.1. The SMILES string of the molecule is CNc1nc(-c2ccc(Cl)c(Cl)c2)nc(C)c1F. The molecule has 0 unspecified atom stereocenters. The summed E-state index contributed by atoms with van der Waals surface area (Å²) in [6.45, 7) is 1.58. The normalized spacial score (nSPS) is 10.5. The highest BCUT2D eigenvalue weighted by Crippen LogP contribution is 2.28. The number of nitrogens with zero attached hydrogens (tertiary/aromatic N) is 2. The maximum atomic E-state index is 13.6. The number of rotatable bonds is 2. The molecule has 0 bridgehead atoms. The number of anilines is 1. The third-order valence-corrected chi connectivity index (χ3v) is 3.17. The van der Waals surface area contributed by atoms with E-state index < -0.39 is 5.82 Å². The highest BCUT2D eigenvalue weighted by atomic mass is 35.5. The van der Waals surface area contributed by atoms with E-state index in [9.17, 15) is 4.39 Å². The molecule has 1 aromatic heterocycles. The summed E-state index contributed by atoms with van der Waals surface area (Å²) in [5.41, 5.74) is 0.958. The first-order valence-electron chi connectivity index (χ1n) is 5.20. The van der Waals surface area contributed by atoms with Crippen molar-refractivity contribution in [1.29, 1.82) is 0 Å². The Morgan fingerprint density at radius 1 is 1.17 bits per heavy atom. The Hall–Kier alpha value is -1.39. The molecule has 18 heavy (non-hydrogen) atoms. The monoisotopic (exact) mass is 285 g/mol. The highest BCUT2D eigenvalue weighted by Gasteiger charge is 2.12. The van der Waals surface area contributed by atoms with E-state index >= 15 is 0 Å². The zero-order valence-electron chi connectivity index (χ0n) is 9.76. The molecule has 2 aromatic rings. The van der Waals surface area contributed by atoms with Crippen molar-refractivity contribution in [2.24, 2.45) is 0 Å². The zero-order chi connectivity index (χ0) is 13.3. The van der Waals surface area contributed by atoms with Gasteiger partial charge in [-0.05, 0) is 25.1 Å². The lowest BCUT2D eigenvalue weighted by molar-refractivity contribution is 0.607. The third kappa shape index (κ3) is 2.40. The van der Waals surface area contributed by atoms with Crippen molar-refractivity contribution in [3.63, 3.8) is 0 Å². The molecule has 0 fully saturated rings. The van der Waals surface area contributed by atoms with Gasteiger partial charge in [0.05, 0.1) is 15.7 Å². The minimum Gasteiger partial charge on any atom is -0.371 e. The van der Waals surface area contributed by atoms with E-state index in [0.29, 0.717) is 21.4 Å². The summed E-state index contributed by atoms with van der Waals surface area (Å²) < 4.78 is 13.6. The van der Waals surface area contributed by atoms with Gasteiger partial charge in [0.25, 0.3) is 0 Å². The Morgan fingerprint density at radius 2 is 1.89 bits per heavy atom. The molecule has 1 heterocycles. The third-order valence-electron chi connectivity index (χ3n) is 2.43. The quantitative estimate of drug-likeness (QED) is 0.908. The van der Waals surface area contributed by atoms with Crippen molar-refractivity contribution in [1.82, 2.24) is 9.97 Å². The summed E-state index contributed by atoms with van der Waals surface area (Å²) in [5, 5.41) is 3.55. The number of aryl methyl sites for hydroxylation is 1. The molecule has 6 heteroatoms. The molecule has 0 radical (unpaired) electrons. The Kier molecular flexibility index (Phi) is 3.68. The van der Waals surface area contributed by atoms with Crippen LogP contribution < -0.4 is 5.32 Å². The fourth-order valence-electron chi connectivity index (χ4n) is 1.49. The molecule has 1 aromatic carbocycles. The minimum absolute atomic E-state index is 0.156. The lowest BCUT2D eigenvalue weighted by Gasteiger charge is -2.08. The standard InChI is InChI=1S/C12H10Cl2FN3/c1-6-10(15)12(16-2)18-11(17-6)7-3-4-8(13)9(14)5-7/h3-5H,1-2H3,(H,16,17,18). The summed E-state index contributed by atoms with van der Waals surface area (Å²) in [4.78, 5) is 8.19. The predicted octanol–water partition coefficient (Wildman–Crippen LogP) is 3.94. The number of aromatic nitrogens is 2. The maximum absolute atomic E-state index is 13.6. The van der Waals surface area contributed by atoms with Crippen LogP contribution in [0.4, 0.5) is 10.2 Å². The molecule has 0 amide bonds. The Labute approximate surface area is 114 Å². The van der Waals surface area contributed by atoms with E-state index in [0.717, 1.165) is 0 Å². The summed E-state index contributed by atoms with van der Waals surface area (Å²) >= 11 is 11.8. The van der Waals surface area contributed by atoms with Gasteiger partial charge in [0.15, 0.2) is 17.5 Å². The van der Waals surface area contributed by atoms with Crippen LogP contribution in [0, 0.1) is 12.7 Å². The van der Waals surface area contributed by atoms with Crippen molar-refractivity contribution in [3.8, 4) is 11.4 Å². The lowest BCUT2D eigenvalue weighted by Crippen LogP contribution is -2.03. The van der Waals surface area contributed by atoms with Gasteiger partial charge in [-0.3, -0.25) is 0 Å². The molecule has 0 spiro atoms. The fraction of sp³-hybridized carbons (Fsp3) is 0.167. The summed E-state index contributed by atoms with van der Waals surface area (Å²) in [6.07, 6.45) is 0. The summed E-state index contributed by atoms with van der Waals surface area (Å²) in [5.74, 6) is 0.0988. The zero-order valence-corrected chi connectivity index (χ0v) is 11.3. The molecule has 0 saturated heterocycles. The average molecular weight is 286 g/mol. The number of hydrogen-bond donors (Lipinski definition) is 1. The van der Waals surface area contributed by atoms with Gasteiger partial charge in [-0.1, -0.05) is 23.2 Å². The smallest absolute Gasteiger partial charge is 0.186 e. The molecule has 0 atom stereocenters. The molecule has 94 valence electrons. The van der Waals surface area contributed by atoms with Gasteiger partial charge in [-0.15, -0.1) is 0 Å². The number of halogens is 3. The fourth-order valence-corrected chi connectivity index (χ4v) is 1.79. The van der Waals surface area contributed by atoms with Gasteiger partial charge in [0.1, 0.15) is 0 Å². The van der Waals surface area contributed by atoms with E-state index in [1.165, 1.54) is 0 Å². The first-order valence-corrected chi connectivity index (χ1v) is 5.96. The maximum Gasteiger partial charge on any atom is 0.186 e. The van der Waals surface area contributed by atoms with Crippen LogP contribution in [-0.4, -0.2) is 17.0 Å². The van der Waals surface area contributed by atoms with Gasteiger partial charge in [-0.25, -0.2) is 14.4 Å². The lowest BCUT2D eigenvalue weighted by atomic mass is 10.2. The van der Waals surface area contributed by atoms with Crippen LogP contribution in [0.2, 0.25) is 10.0 Å². The van der Waals surface area contributed by atoms with Crippen molar-refractivity contribution >= 4 is 29.0 Å². The molecule has 0 aliphatic carbocycles. The van der Waals surface area contributed by atoms with Crippen LogP contribution in [0.1, 0.15) is 5.69 Å². The van der Waals surface area contributed by atoms with Crippen molar-refractivity contribution < 1.29 is 4.39 Å². The second kappa shape index (κ2) is 5.08. The summed E-state index contributed by atoms with van der Waals surface area (Å²) in [6, 6.07) is 5.04. The Balaban J connectivity index is 2.57. The van der Waals surface area contributed by atoms with Gasteiger partial charge in [0.2, 0.25) is 0 Å². The minimum atomic E-state index is -0.457. The molecule has 0 saturated carbocycles. The molecule has 3 nitrogen and oxygen atoms in total. The molecular formula is C12H10Cl2FN3. The van der Waals surface area contributed by atoms with Gasteiger partial charge in [0, 0.05) is 12.6 Å². The topological polar surface area (TPSA) is 37.8 Å². The predicted molar refractivity (Wildman–Crippen MR) is 71.7 cm³/mol. The Morgan fingerprint density at radius 3 is 2.50 bits per heavy atom. The van der Waals surface area contributed by atoms with Gasteiger partial charge >= 0.3 is 0 Å². The van der Waals surface area contributed by atoms with Crippen LogP contribution >= 0.6 is 23.2 Å². The van der Waals surface area contributed by atoms with Crippen molar-refractivity contribution in [2.75, 3.05) is 12.4 Å². The molecular weight excluding hydrogens is 276 g/mol. The van der Waals surface area contributed by atoms with Crippen LogP contribution in [0.25, 0.3) is 11.4 Å². The molecule has 2 rings (SSSR count). The largest absolute Gasteiger partial charge is 0.371 e. The Bertz CT molecular complexity index is 602. The van der Waals surface area contributed by atoms with E-state index in [1.807, 2.05) is 0 Å². The van der Waals surface area contributed by atoms with Crippen molar-refractivity contribution in [2.45, 2.75) is 6.92 Å². The second-order valence-electron chi connectivity index (χ2n) is 3.67. The molecule has 0 aliphatic rings. The molecule has 1 N–H and O–H groups in total. The first-order chi connectivity index (χ1) is 8.52. The number of benzene rings is 1. The van der Waals surface area contributed by atoms with E-state index in [4.69, 9.17) is 23.2 Å². The van der Waals surface area contributed by atoms with E-state index in [-0.39, 0.29) is 11.5 Å². The van der Waals surface area contributed by atoms with Crippen molar-refractivity contribution in [3.05, 3.63) is 39.8 Å². The second-order valence-corrected chi connectivity index (χ2v) is 4.49. The molecule has 0 aliphatic heterocycles. The number of nitrogens with one attached hydrogen (secondary N) is 1. The van der Waals surface area contributed by atoms with Crippen LogP contribution in [-0.2, 0) is 0 Å². The van der Waals surface area contributed by atoms with Gasteiger partial charge in [-0.2, -0.15) is 0 Å².